The second kappa shape index (κ2) is 9.84. The van der Waals surface area contributed by atoms with Crippen molar-refractivity contribution in [3.05, 3.63) is 83.9 Å². The fraction of sp³-hybridized carbons (Fsp3) is 0.208. The van der Waals surface area contributed by atoms with Crippen LogP contribution in [0.5, 0.6) is 11.5 Å². The average molecular weight is 456 g/mol. The second-order valence-corrected chi connectivity index (χ2v) is 9.28. The van der Waals surface area contributed by atoms with Gasteiger partial charge in [-0.05, 0) is 60.4 Å². The van der Waals surface area contributed by atoms with Crippen molar-refractivity contribution in [3.63, 3.8) is 0 Å². The summed E-state index contributed by atoms with van der Waals surface area (Å²) in [6, 6.07) is 19.5. The van der Waals surface area contributed by atoms with Gasteiger partial charge in [0.15, 0.2) is 0 Å². The third kappa shape index (κ3) is 5.09. The maximum Gasteiger partial charge on any atom is 0.339 e. The summed E-state index contributed by atoms with van der Waals surface area (Å²) in [5, 5.41) is 10.8. The third-order valence-corrected chi connectivity index (χ3v) is 6.23. The Bertz CT molecular complexity index is 1190. The molecule has 0 unspecified atom stereocenters. The third-order valence-electron chi connectivity index (χ3n) is 4.66. The van der Waals surface area contributed by atoms with Gasteiger partial charge in [-0.3, -0.25) is 5.21 Å². The van der Waals surface area contributed by atoms with Crippen LogP contribution in [0.15, 0.2) is 77.7 Å². The highest BCUT2D eigenvalue weighted by Gasteiger charge is 2.30. The topological polar surface area (TPSA) is 93.1 Å². The first-order chi connectivity index (χ1) is 15.2. The quantitative estimate of drug-likeness (QED) is 0.377. The molecule has 3 aromatic rings. The van der Waals surface area contributed by atoms with Crippen LogP contribution < -0.4 is 9.21 Å². The smallest absolute Gasteiger partial charge is 0.339 e. The van der Waals surface area contributed by atoms with Gasteiger partial charge in [0, 0.05) is 0 Å². The molecule has 1 N–H and O–H groups in total. The van der Waals surface area contributed by atoms with E-state index in [0.717, 1.165) is 7.11 Å². The van der Waals surface area contributed by atoms with Crippen molar-refractivity contribution in [3.8, 4) is 11.5 Å². The molecule has 0 saturated carbocycles. The predicted molar refractivity (Wildman–Crippen MR) is 121 cm³/mol. The minimum absolute atomic E-state index is 0.0822. The standard InChI is InChI=1S/C24H25NO6S/c1-17(2)15-18-16-20(31-19-9-5-4-6-10-19)13-14-22(18)25(27)32(28,29)23-12-8-7-11-21(23)24(26)30-3/h4-14,16-17,27H,15H2,1-3H3. The van der Waals surface area contributed by atoms with Crippen molar-refractivity contribution in [1.29, 1.82) is 0 Å². The van der Waals surface area contributed by atoms with E-state index in [1.54, 1.807) is 12.1 Å². The molecule has 0 radical (unpaired) electrons. The van der Waals surface area contributed by atoms with E-state index in [-0.39, 0.29) is 26.5 Å². The Kier molecular flexibility index (Phi) is 7.17. The molecule has 32 heavy (non-hydrogen) atoms. The summed E-state index contributed by atoms with van der Waals surface area (Å²) < 4.78 is 37.2. The Morgan fingerprint density at radius 2 is 1.62 bits per heavy atom. The van der Waals surface area contributed by atoms with E-state index in [9.17, 15) is 18.4 Å². The minimum Gasteiger partial charge on any atom is -0.465 e. The fourth-order valence-corrected chi connectivity index (χ4v) is 4.54. The first-order valence-corrected chi connectivity index (χ1v) is 11.5. The molecule has 0 aromatic heterocycles. The van der Waals surface area contributed by atoms with Crippen LogP contribution in [0.1, 0.15) is 29.8 Å². The molecule has 0 aliphatic carbocycles. The molecule has 0 amide bonds. The normalized spacial score (nSPS) is 11.3. The summed E-state index contributed by atoms with van der Waals surface area (Å²) in [5.74, 6) is 0.512. The van der Waals surface area contributed by atoms with Gasteiger partial charge in [0.2, 0.25) is 0 Å². The molecule has 0 bridgehead atoms. The molecular formula is C24H25NO6S. The molecule has 168 valence electrons. The molecule has 0 saturated heterocycles. The summed E-state index contributed by atoms with van der Waals surface area (Å²) >= 11 is 0. The molecular weight excluding hydrogens is 430 g/mol. The lowest BCUT2D eigenvalue weighted by Gasteiger charge is -2.22. The van der Waals surface area contributed by atoms with Gasteiger partial charge in [0.05, 0.1) is 18.4 Å². The zero-order valence-corrected chi connectivity index (χ0v) is 18.9. The van der Waals surface area contributed by atoms with Gasteiger partial charge >= 0.3 is 5.97 Å². The van der Waals surface area contributed by atoms with Crippen LogP contribution in [-0.4, -0.2) is 26.7 Å². The SMILES string of the molecule is COC(=O)c1ccccc1S(=O)(=O)N(O)c1ccc(Oc2ccccc2)cc1CC(C)C. The van der Waals surface area contributed by atoms with Crippen molar-refractivity contribution in [2.45, 2.75) is 25.2 Å². The van der Waals surface area contributed by atoms with Crippen LogP contribution in [0.4, 0.5) is 5.69 Å². The summed E-state index contributed by atoms with van der Waals surface area (Å²) in [6.07, 6.45) is 0.493. The number of methoxy groups -OCH3 is 1. The monoisotopic (exact) mass is 455 g/mol. The molecule has 0 fully saturated rings. The molecule has 0 aliphatic heterocycles. The first kappa shape index (κ1) is 23.3. The largest absolute Gasteiger partial charge is 0.465 e. The Balaban J connectivity index is 2.03. The molecule has 7 nitrogen and oxygen atoms in total. The molecule has 0 aliphatic rings. The highest BCUT2D eigenvalue weighted by atomic mass is 32.2. The number of carbonyl (C=O) groups excluding carboxylic acids is 1. The van der Waals surface area contributed by atoms with E-state index in [4.69, 9.17) is 4.74 Å². The van der Waals surface area contributed by atoms with Crippen molar-refractivity contribution in [1.82, 2.24) is 0 Å². The van der Waals surface area contributed by atoms with E-state index in [0.29, 0.717) is 23.5 Å². The van der Waals surface area contributed by atoms with Crippen LogP contribution >= 0.6 is 0 Å². The molecule has 0 heterocycles. The van der Waals surface area contributed by atoms with Gasteiger partial charge in [0.1, 0.15) is 16.4 Å². The summed E-state index contributed by atoms with van der Waals surface area (Å²) in [4.78, 5) is 11.7. The van der Waals surface area contributed by atoms with E-state index < -0.39 is 16.0 Å². The van der Waals surface area contributed by atoms with Gasteiger partial charge in [-0.15, -0.1) is 4.47 Å². The molecule has 8 heteroatoms. The van der Waals surface area contributed by atoms with Crippen LogP contribution in [0.25, 0.3) is 0 Å². The van der Waals surface area contributed by atoms with Crippen molar-refractivity contribution < 1.29 is 27.9 Å². The molecule has 3 aromatic carbocycles. The van der Waals surface area contributed by atoms with E-state index in [1.807, 2.05) is 44.2 Å². The van der Waals surface area contributed by atoms with E-state index in [1.165, 1.54) is 30.3 Å². The predicted octanol–water partition coefficient (Wildman–Crippen LogP) is 5.05. The summed E-state index contributed by atoms with van der Waals surface area (Å²) in [5.41, 5.74) is 0.498. The molecule has 0 atom stereocenters. The molecule has 3 rings (SSSR count). The van der Waals surface area contributed by atoms with Crippen LogP contribution in [-0.2, 0) is 21.2 Å². The van der Waals surface area contributed by atoms with Gasteiger partial charge in [0.25, 0.3) is 10.0 Å². The number of sulfonamides is 1. The van der Waals surface area contributed by atoms with Crippen LogP contribution in [0, 0.1) is 5.92 Å². The lowest BCUT2D eigenvalue weighted by Crippen LogP contribution is -2.30. The van der Waals surface area contributed by atoms with Gasteiger partial charge in [-0.25, -0.2) is 4.79 Å². The highest BCUT2D eigenvalue weighted by Crippen LogP contribution is 2.33. The van der Waals surface area contributed by atoms with E-state index in [2.05, 4.69) is 4.74 Å². The maximum absolute atomic E-state index is 13.2. The Labute approximate surface area is 187 Å². The van der Waals surface area contributed by atoms with Gasteiger partial charge in [-0.1, -0.05) is 44.2 Å². The number of hydrogen-bond donors (Lipinski definition) is 1. The van der Waals surface area contributed by atoms with Crippen molar-refractivity contribution >= 4 is 21.7 Å². The Hall–Kier alpha value is -3.36. The Morgan fingerprint density at radius 3 is 2.28 bits per heavy atom. The minimum atomic E-state index is -4.46. The summed E-state index contributed by atoms with van der Waals surface area (Å²) in [6.45, 7) is 3.97. The number of rotatable bonds is 8. The number of hydrogen-bond acceptors (Lipinski definition) is 6. The maximum atomic E-state index is 13.2. The van der Waals surface area contributed by atoms with Gasteiger partial charge in [-0.2, -0.15) is 8.42 Å². The fourth-order valence-electron chi connectivity index (χ4n) is 3.23. The zero-order valence-electron chi connectivity index (χ0n) is 18.1. The Morgan fingerprint density at radius 1 is 0.969 bits per heavy atom. The highest BCUT2D eigenvalue weighted by molar-refractivity contribution is 7.92. The number of ether oxygens (including phenoxy) is 2. The zero-order chi connectivity index (χ0) is 23.3. The number of anilines is 1. The number of benzene rings is 3. The first-order valence-electron chi connectivity index (χ1n) is 10.0. The lowest BCUT2D eigenvalue weighted by molar-refractivity contribution is 0.0596. The second-order valence-electron chi connectivity index (χ2n) is 7.54. The van der Waals surface area contributed by atoms with E-state index >= 15 is 0 Å². The van der Waals surface area contributed by atoms with Crippen LogP contribution in [0.2, 0.25) is 0 Å². The molecule has 0 spiro atoms. The number of nitrogens with zero attached hydrogens (tertiary/aromatic N) is 1. The lowest BCUT2D eigenvalue weighted by atomic mass is 10.0. The van der Waals surface area contributed by atoms with Crippen molar-refractivity contribution in [2.24, 2.45) is 5.92 Å². The van der Waals surface area contributed by atoms with Crippen LogP contribution in [0.3, 0.4) is 0 Å². The number of esters is 1. The van der Waals surface area contributed by atoms with Crippen molar-refractivity contribution in [2.75, 3.05) is 11.6 Å². The average Bonchev–Trinajstić information content (AvgIpc) is 2.78. The number of carbonyl (C=O) groups is 1. The summed E-state index contributed by atoms with van der Waals surface area (Å²) in [7, 11) is -3.30. The number of para-hydroxylation sites is 1. The van der Waals surface area contributed by atoms with Gasteiger partial charge < -0.3 is 9.47 Å².